The predicted molar refractivity (Wildman–Crippen MR) is 141 cm³/mol. The largest absolute Gasteiger partial charge is 0.416 e. The van der Waals surface area contributed by atoms with Crippen molar-refractivity contribution in [2.75, 3.05) is 18.4 Å². The van der Waals surface area contributed by atoms with Crippen LogP contribution in [-0.4, -0.2) is 33.9 Å². The van der Waals surface area contributed by atoms with Crippen LogP contribution in [0.25, 0.3) is 10.9 Å². The fourth-order valence-electron chi connectivity index (χ4n) is 4.59. The van der Waals surface area contributed by atoms with Gasteiger partial charge in [-0.1, -0.05) is 30.0 Å². The molecular weight excluding hydrogens is 489 g/mol. The summed E-state index contributed by atoms with van der Waals surface area (Å²) < 4.78 is 41.5. The average molecular weight is 515 g/mol. The molecule has 5 rings (SSSR count). The zero-order chi connectivity index (χ0) is 26.7. The van der Waals surface area contributed by atoms with E-state index in [4.69, 9.17) is 0 Å². The maximum absolute atomic E-state index is 13.8. The molecule has 0 spiro atoms. The number of aromatic nitrogens is 2. The molecule has 1 N–H and O–H groups in total. The van der Waals surface area contributed by atoms with Crippen LogP contribution in [0, 0.1) is 18.8 Å². The van der Waals surface area contributed by atoms with Crippen LogP contribution >= 0.6 is 0 Å². The number of aryl methyl sites for hydroxylation is 1. The Morgan fingerprint density at radius 3 is 2.61 bits per heavy atom. The molecule has 0 unspecified atom stereocenters. The van der Waals surface area contributed by atoms with Crippen molar-refractivity contribution in [3.63, 3.8) is 0 Å². The number of halogens is 3. The molecule has 38 heavy (non-hydrogen) atoms. The van der Waals surface area contributed by atoms with Crippen molar-refractivity contribution in [3.05, 3.63) is 101 Å². The van der Waals surface area contributed by atoms with Crippen molar-refractivity contribution in [2.45, 2.75) is 32.5 Å². The quantitative estimate of drug-likeness (QED) is 0.329. The Kier molecular flexibility index (Phi) is 7.12. The van der Waals surface area contributed by atoms with E-state index in [9.17, 15) is 18.0 Å². The van der Waals surface area contributed by atoms with Gasteiger partial charge >= 0.3 is 6.18 Å². The lowest BCUT2D eigenvalue weighted by molar-refractivity contribution is -0.138. The van der Waals surface area contributed by atoms with E-state index in [1.54, 1.807) is 24.4 Å². The van der Waals surface area contributed by atoms with Crippen molar-refractivity contribution < 1.29 is 18.0 Å². The van der Waals surface area contributed by atoms with Gasteiger partial charge in [-0.25, -0.2) is 9.97 Å². The third-order valence-electron chi connectivity index (χ3n) is 6.65. The lowest BCUT2D eigenvalue weighted by Crippen LogP contribution is -2.21. The highest BCUT2D eigenvalue weighted by Crippen LogP contribution is 2.35. The molecule has 1 aliphatic heterocycles. The van der Waals surface area contributed by atoms with Crippen LogP contribution in [-0.2, 0) is 12.7 Å². The van der Waals surface area contributed by atoms with Gasteiger partial charge in [0, 0.05) is 40.5 Å². The number of anilines is 1. The Balaban J connectivity index is 1.38. The van der Waals surface area contributed by atoms with Crippen LogP contribution in [0.5, 0.6) is 0 Å². The SMILES string of the molecule is Cc1ccc(C(=O)Nc2ccc(CN3CCCC3)c(C(F)(F)F)c2)cc1C#Cc1cccc2ncncc12. The van der Waals surface area contributed by atoms with Crippen molar-refractivity contribution in [1.29, 1.82) is 0 Å². The molecule has 1 amide bonds. The lowest BCUT2D eigenvalue weighted by Gasteiger charge is -2.20. The minimum absolute atomic E-state index is 0.0939. The number of benzene rings is 3. The zero-order valence-electron chi connectivity index (χ0n) is 20.8. The normalized spacial score (nSPS) is 13.8. The molecular formula is C30H25F3N4O. The monoisotopic (exact) mass is 514 g/mol. The molecule has 1 aromatic heterocycles. The second kappa shape index (κ2) is 10.6. The standard InChI is InChI=1S/C30H25F3N4O/c1-20-7-8-23(15-22(20)10-9-21-5-4-6-28-26(21)17-34-19-35-28)29(38)36-25-12-11-24(18-37-13-2-3-14-37)27(16-25)30(31,32)33/h4-8,11-12,15-17,19H,2-3,13-14,18H2,1H3,(H,36,38). The van der Waals surface area contributed by atoms with E-state index >= 15 is 0 Å². The van der Waals surface area contributed by atoms with Gasteiger partial charge in [0.2, 0.25) is 0 Å². The van der Waals surface area contributed by atoms with Crippen molar-refractivity contribution >= 4 is 22.5 Å². The van der Waals surface area contributed by atoms with E-state index in [1.807, 2.05) is 30.0 Å². The Bertz CT molecular complexity index is 1560. The number of rotatable bonds is 4. The van der Waals surface area contributed by atoms with Gasteiger partial charge in [0.25, 0.3) is 5.91 Å². The van der Waals surface area contributed by atoms with E-state index in [-0.39, 0.29) is 17.8 Å². The molecule has 192 valence electrons. The van der Waals surface area contributed by atoms with Crippen LogP contribution in [0.1, 0.15) is 51.0 Å². The summed E-state index contributed by atoms with van der Waals surface area (Å²) in [6.45, 7) is 3.71. The number of nitrogens with one attached hydrogen (secondary N) is 1. The van der Waals surface area contributed by atoms with E-state index in [0.717, 1.165) is 54.0 Å². The number of carbonyl (C=O) groups excluding carboxylic acids is 1. The predicted octanol–water partition coefficient (Wildman–Crippen LogP) is 6.20. The Morgan fingerprint density at radius 1 is 1.03 bits per heavy atom. The topological polar surface area (TPSA) is 58.1 Å². The first-order chi connectivity index (χ1) is 18.3. The van der Waals surface area contributed by atoms with Gasteiger partial charge in [-0.2, -0.15) is 13.2 Å². The van der Waals surface area contributed by atoms with Crippen LogP contribution < -0.4 is 5.32 Å². The lowest BCUT2D eigenvalue weighted by atomic mass is 10.0. The zero-order valence-corrected chi connectivity index (χ0v) is 20.8. The molecule has 3 aromatic carbocycles. The third-order valence-corrected chi connectivity index (χ3v) is 6.65. The number of hydrogen-bond donors (Lipinski definition) is 1. The minimum atomic E-state index is -4.52. The molecule has 4 aromatic rings. The number of hydrogen-bond acceptors (Lipinski definition) is 4. The molecule has 5 nitrogen and oxygen atoms in total. The van der Waals surface area contributed by atoms with Gasteiger partial charge < -0.3 is 5.32 Å². The number of carbonyl (C=O) groups is 1. The summed E-state index contributed by atoms with van der Waals surface area (Å²) in [5, 5.41) is 3.44. The van der Waals surface area contributed by atoms with E-state index < -0.39 is 17.6 Å². The molecule has 1 fully saturated rings. The molecule has 8 heteroatoms. The van der Waals surface area contributed by atoms with Crippen molar-refractivity contribution in [2.24, 2.45) is 0 Å². The van der Waals surface area contributed by atoms with Gasteiger partial charge in [-0.15, -0.1) is 0 Å². The number of amides is 1. The first kappa shape index (κ1) is 25.4. The molecule has 0 radical (unpaired) electrons. The highest BCUT2D eigenvalue weighted by Gasteiger charge is 2.34. The average Bonchev–Trinajstić information content (AvgIpc) is 3.41. The number of alkyl halides is 3. The third kappa shape index (κ3) is 5.68. The van der Waals surface area contributed by atoms with Gasteiger partial charge in [0.15, 0.2) is 0 Å². The van der Waals surface area contributed by atoms with Crippen LogP contribution in [0.15, 0.2) is 67.1 Å². The first-order valence-corrected chi connectivity index (χ1v) is 12.3. The maximum Gasteiger partial charge on any atom is 0.416 e. The summed E-state index contributed by atoms with van der Waals surface area (Å²) in [6.07, 6.45) is 0.651. The Hall–Kier alpha value is -4.22. The van der Waals surface area contributed by atoms with Crippen molar-refractivity contribution in [3.8, 4) is 11.8 Å². The number of likely N-dealkylation sites (tertiary alicyclic amines) is 1. The van der Waals surface area contributed by atoms with Gasteiger partial charge in [0.05, 0.1) is 11.1 Å². The smallest absolute Gasteiger partial charge is 0.322 e. The summed E-state index contributed by atoms with van der Waals surface area (Å²) in [7, 11) is 0. The highest BCUT2D eigenvalue weighted by atomic mass is 19.4. The van der Waals surface area contributed by atoms with Crippen LogP contribution in [0.3, 0.4) is 0 Å². The van der Waals surface area contributed by atoms with Gasteiger partial charge in [-0.3, -0.25) is 9.69 Å². The fraction of sp³-hybridized carbons (Fsp3) is 0.233. The summed E-state index contributed by atoms with van der Waals surface area (Å²) in [5.41, 5.74) is 2.93. The molecule has 0 saturated carbocycles. The first-order valence-electron chi connectivity index (χ1n) is 12.3. The molecule has 1 saturated heterocycles. The molecule has 0 atom stereocenters. The number of nitrogens with zero attached hydrogens (tertiary/aromatic N) is 3. The molecule has 1 aliphatic rings. The van der Waals surface area contributed by atoms with E-state index in [2.05, 4.69) is 27.1 Å². The van der Waals surface area contributed by atoms with Crippen LogP contribution in [0.4, 0.5) is 18.9 Å². The molecule has 0 aliphatic carbocycles. The fourth-order valence-corrected chi connectivity index (χ4v) is 4.59. The number of fused-ring (bicyclic) bond motifs is 1. The second-order valence-electron chi connectivity index (χ2n) is 9.35. The van der Waals surface area contributed by atoms with Gasteiger partial charge in [0.1, 0.15) is 6.33 Å². The summed E-state index contributed by atoms with van der Waals surface area (Å²) in [5.74, 6) is 5.73. The molecule has 0 bridgehead atoms. The second-order valence-corrected chi connectivity index (χ2v) is 9.35. The molecule has 2 heterocycles. The Labute approximate surface area is 218 Å². The summed E-state index contributed by atoms with van der Waals surface area (Å²) in [6, 6.07) is 14.7. The van der Waals surface area contributed by atoms with E-state index in [0.29, 0.717) is 11.1 Å². The maximum atomic E-state index is 13.8. The summed E-state index contributed by atoms with van der Waals surface area (Å²) in [4.78, 5) is 23.3. The minimum Gasteiger partial charge on any atom is -0.322 e. The Morgan fingerprint density at radius 2 is 1.82 bits per heavy atom. The van der Waals surface area contributed by atoms with Crippen molar-refractivity contribution in [1.82, 2.24) is 14.9 Å². The highest BCUT2D eigenvalue weighted by molar-refractivity contribution is 6.04. The van der Waals surface area contributed by atoms with E-state index in [1.165, 1.54) is 18.5 Å². The van der Waals surface area contributed by atoms with Crippen LogP contribution in [0.2, 0.25) is 0 Å². The van der Waals surface area contributed by atoms with Gasteiger partial charge in [-0.05, 0) is 80.4 Å². The summed E-state index contributed by atoms with van der Waals surface area (Å²) >= 11 is 0.